The summed E-state index contributed by atoms with van der Waals surface area (Å²) in [6.45, 7) is 30.8. The molecular weight excluding hydrogens is 555 g/mol. The van der Waals surface area contributed by atoms with Crippen LogP contribution < -0.4 is 5.32 Å². The van der Waals surface area contributed by atoms with Crippen LogP contribution >= 0.6 is 0 Å². The Balaban J connectivity index is 3.02. The monoisotopic (exact) mass is 624 g/mol. The lowest BCUT2D eigenvalue weighted by molar-refractivity contribution is 0.361. The van der Waals surface area contributed by atoms with E-state index in [2.05, 4.69) is 141 Å². The lowest BCUT2D eigenvalue weighted by atomic mass is 9.88. The minimum Gasteiger partial charge on any atom is -0.385 e. The van der Waals surface area contributed by atoms with Gasteiger partial charge in [-0.3, -0.25) is 0 Å². The maximum atomic E-state index is 4.50. The molecule has 0 aliphatic rings. The average Bonchev–Trinajstić information content (AvgIpc) is 3.04. The molecule has 1 N–H and O–H groups in total. The lowest BCUT2D eigenvalue weighted by Gasteiger charge is -2.28. The molecule has 0 saturated carbocycles. The fourth-order valence-corrected chi connectivity index (χ4v) is 5.86. The Morgan fingerprint density at radius 3 is 2.15 bits per heavy atom. The van der Waals surface area contributed by atoms with Crippen molar-refractivity contribution in [3.05, 3.63) is 125 Å². The number of unbranched alkanes of at least 4 members (excludes halogenated alkanes) is 4. The van der Waals surface area contributed by atoms with E-state index in [0.29, 0.717) is 23.8 Å². The summed E-state index contributed by atoms with van der Waals surface area (Å²) in [4.78, 5) is 0. The van der Waals surface area contributed by atoms with Gasteiger partial charge >= 0.3 is 0 Å². The van der Waals surface area contributed by atoms with E-state index in [1.807, 2.05) is 6.08 Å². The van der Waals surface area contributed by atoms with E-state index < -0.39 is 0 Å². The summed E-state index contributed by atoms with van der Waals surface area (Å²) in [6.07, 6.45) is 26.7. The molecule has 0 spiro atoms. The Kier molecular flexibility index (Phi) is 21.6. The topological polar surface area (TPSA) is 12.0 Å². The van der Waals surface area contributed by atoms with Gasteiger partial charge in [0.2, 0.25) is 0 Å². The number of rotatable bonds is 24. The van der Waals surface area contributed by atoms with Crippen molar-refractivity contribution < 1.29 is 0 Å². The van der Waals surface area contributed by atoms with E-state index in [1.54, 1.807) is 0 Å². The molecule has 1 rings (SSSR count). The van der Waals surface area contributed by atoms with Gasteiger partial charge in [0.1, 0.15) is 0 Å². The Labute approximate surface area is 286 Å². The summed E-state index contributed by atoms with van der Waals surface area (Å²) in [5, 5.41) is 3.89. The zero-order chi connectivity index (χ0) is 34.3. The van der Waals surface area contributed by atoms with Crippen molar-refractivity contribution in [3.8, 4) is 0 Å². The molecule has 0 fully saturated rings. The molecule has 1 aromatic rings. The van der Waals surface area contributed by atoms with Crippen LogP contribution in [0.2, 0.25) is 0 Å². The van der Waals surface area contributed by atoms with Crippen molar-refractivity contribution >= 4 is 0 Å². The molecule has 0 amide bonds. The van der Waals surface area contributed by atoms with Gasteiger partial charge in [-0.25, -0.2) is 0 Å². The predicted octanol–water partition coefficient (Wildman–Crippen LogP) is 14.0. The maximum Gasteiger partial charge on any atom is 0.0323 e. The van der Waals surface area contributed by atoms with Crippen molar-refractivity contribution in [2.75, 3.05) is 0 Å². The van der Waals surface area contributed by atoms with Gasteiger partial charge in [0, 0.05) is 17.7 Å². The zero-order valence-corrected chi connectivity index (χ0v) is 31.2. The van der Waals surface area contributed by atoms with Crippen LogP contribution in [0.25, 0.3) is 0 Å². The summed E-state index contributed by atoms with van der Waals surface area (Å²) in [5.74, 6) is 1.43. The second-order valence-corrected chi connectivity index (χ2v) is 13.6. The number of allylic oxidation sites excluding steroid dienone is 9. The van der Waals surface area contributed by atoms with Gasteiger partial charge in [-0.15, -0.1) is 5.73 Å². The van der Waals surface area contributed by atoms with Crippen LogP contribution in [-0.2, 0) is 0 Å². The van der Waals surface area contributed by atoms with Gasteiger partial charge < -0.3 is 5.32 Å². The molecule has 0 aliphatic heterocycles. The molecule has 0 saturated heterocycles. The number of nitrogens with one attached hydrogen (secondary N) is 1. The van der Waals surface area contributed by atoms with Crippen molar-refractivity contribution in [1.29, 1.82) is 0 Å². The van der Waals surface area contributed by atoms with Crippen LogP contribution in [-0.4, -0.2) is 6.04 Å². The highest BCUT2D eigenvalue weighted by atomic mass is 14.9. The fraction of sp³-hybridized carbons (Fsp3) is 0.533. The Bertz CT molecular complexity index is 1190. The third-order valence-corrected chi connectivity index (χ3v) is 9.19. The van der Waals surface area contributed by atoms with Crippen LogP contribution in [0.5, 0.6) is 0 Å². The fourth-order valence-electron chi connectivity index (χ4n) is 5.86. The smallest absolute Gasteiger partial charge is 0.0323 e. The largest absolute Gasteiger partial charge is 0.385 e. The summed E-state index contributed by atoms with van der Waals surface area (Å²) >= 11 is 0. The summed E-state index contributed by atoms with van der Waals surface area (Å²) in [5.41, 5.74) is 12.6. The first kappa shape index (κ1) is 41.0. The predicted molar refractivity (Wildman–Crippen MR) is 209 cm³/mol. The van der Waals surface area contributed by atoms with Crippen LogP contribution in [0.3, 0.4) is 0 Å². The lowest BCUT2D eigenvalue weighted by Crippen LogP contribution is -2.34. The minimum absolute atomic E-state index is 0.311. The zero-order valence-electron chi connectivity index (χ0n) is 31.2. The highest BCUT2D eigenvalue weighted by Crippen LogP contribution is 2.29. The normalized spacial score (nSPS) is 14.1. The molecule has 1 nitrogen and oxygen atoms in total. The van der Waals surface area contributed by atoms with Crippen LogP contribution in [0, 0.1) is 5.92 Å². The first-order valence-corrected chi connectivity index (χ1v) is 18.4. The molecule has 254 valence electrons. The minimum atomic E-state index is 0.311. The quantitative estimate of drug-likeness (QED) is 0.0686. The van der Waals surface area contributed by atoms with Crippen molar-refractivity contribution in [2.45, 2.75) is 150 Å². The van der Waals surface area contributed by atoms with E-state index in [1.165, 1.54) is 60.0 Å². The molecule has 0 bridgehead atoms. The molecule has 3 atom stereocenters. The second kappa shape index (κ2) is 24.2. The van der Waals surface area contributed by atoms with Crippen molar-refractivity contribution in [1.82, 2.24) is 5.32 Å². The molecular formula is C45H69N. The van der Waals surface area contributed by atoms with Gasteiger partial charge in [0.25, 0.3) is 0 Å². The van der Waals surface area contributed by atoms with Gasteiger partial charge in [-0.2, -0.15) is 0 Å². The van der Waals surface area contributed by atoms with Crippen LogP contribution in [0.1, 0.15) is 155 Å². The summed E-state index contributed by atoms with van der Waals surface area (Å²) < 4.78 is 0. The Morgan fingerprint density at radius 2 is 1.54 bits per heavy atom. The SMILES string of the molecule is C=C/C=C(\C=C/CC)CC(NC(=C)CCCCC(=C=CC(=C)/C(C)=C/CC)C(C)c1ccc(C(C)C)cc1)C(C)CCCCCC. The van der Waals surface area contributed by atoms with E-state index in [-0.39, 0.29) is 0 Å². The first-order valence-electron chi connectivity index (χ1n) is 18.4. The molecule has 3 unspecified atom stereocenters. The van der Waals surface area contributed by atoms with E-state index in [9.17, 15) is 0 Å². The van der Waals surface area contributed by atoms with Crippen LogP contribution in [0.15, 0.2) is 114 Å². The number of hydrogen-bond donors (Lipinski definition) is 1. The average molecular weight is 624 g/mol. The summed E-state index contributed by atoms with van der Waals surface area (Å²) in [6, 6.07) is 9.56. The maximum absolute atomic E-state index is 4.50. The summed E-state index contributed by atoms with van der Waals surface area (Å²) in [7, 11) is 0. The van der Waals surface area contributed by atoms with Gasteiger partial charge in [0.15, 0.2) is 0 Å². The number of benzene rings is 1. The van der Waals surface area contributed by atoms with Crippen LogP contribution in [0.4, 0.5) is 0 Å². The third kappa shape index (κ3) is 16.5. The van der Waals surface area contributed by atoms with Gasteiger partial charge in [0.05, 0.1) is 0 Å². The first-order chi connectivity index (χ1) is 22.1. The number of hydrogen-bond acceptors (Lipinski definition) is 1. The second-order valence-electron chi connectivity index (χ2n) is 13.6. The molecule has 1 heteroatoms. The molecule has 46 heavy (non-hydrogen) atoms. The molecule has 1 aromatic carbocycles. The molecule has 0 radical (unpaired) electrons. The highest BCUT2D eigenvalue weighted by Gasteiger charge is 2.19. The Morgan fingerprint density at radius 1 is 0.870 bits per heavy atom. The van der Waals surface area contributed by atoms with E-state index in [4.69, 9.17) is 0 Å². The van der Waals surface area contributed by atoms with Gasteiger partial charge in [-0.1, -0.05) is 149 Å². The Hall–Kier alpha value is -3.02. The third-order valence-electron chi connectivity index (χ3n) is 9.19. The molecule has 0 aliphatic carbocycles. The van der Waals surface area contributed by atoms with Gasteiger partial charge in [-0.05, 0) is 110 Å². The van der Waals surface area contributed by atoms with E-state index in [0.717, 1.165) is 56.2 Å². The molecule has 0 heterocycles. The van der Waals surface area contributed by atoms with Crippen molar-refractivity contribution in [3.63, 3.8) is 0 Å². The van der Waals surface area contributed by atoms with E-state index >= 15 is 0 Å². The standard InChI is InChI=1S/C45H69N/c1-12-16-18-19-24-38(9)45(34-41(23-15-4)26-17-13-2)46-39(10)25-20-21-27-43(29-28-37(8)36(7)22-14-3)40(11)44-32-30-42(31-33-44)35(5)6/h15,17,22-23,26,28,30-33,35,38,40,45-46H,4,8,10,12-14,16,18-21,24-25,27,34H2,1-3,5-7,9,11H3/b26-17-,36-22+,41-23+. The highest BCUT2D eigenvalue weighted by molar-refractivity contribution is 5.38. The molecule has 0 aromatic heterocycles. The van der Waals surface area contributed by atoms with Crippen molar-refractivity contribution in [2.24, 2.45) is 5.92 Å².